The van der Waals surface area contributed by atoms with Crippen molar-refractivity contribution in [2.24, 2.45) is 0 Å². The standard InChI is InChI=1S/C15H17F4N5O/c1-2-7-20-8-9-21-14(25)12-13(15(17,18)19)24(23-22-12)11-5-3-10(16)4-6-11/h3-6,20H,2,7-9H2,1H3,(H,21,25). The van der Waals surface area contributed by atoms with Crippen molar-refractivity contribution in [2.75, 3.05) is 19.6 Å². The van der Waals surface area contributed by atoms with Crippen molar-refractivity contribution >= 4 is 5.91 Å². The molecule has 0 spiro atoms. The number of halogens is 4. The molecular weight excluding hydrogens is 342 g/mol. The highest BCUT2D eigenvalue weighted by molar-refractivity contribution is 5.93. The maximum atomic E-state index is 13.4. The third-order valence-electron chi connectivity index (χ3n) is 3.24. The van der Waals surface area contributed by atoms with Gasteiger partial charge in [-0.1, -0.05) is 12.1 Å². The quantitative estimate of drug-likeness (QED) is 0.587. The van der Waals surface area contributed by atoms with Crippen LogP contribution < -0.4 is 10.6 Å². The fourth-order valence-electron chi connectivity index (χ4n) is 2.10. The first-order valence-electron chi connectivity index (χ1n) is 7.62. The molecule has 0 unspecified atom stereocenters. The molecule has 0 saturated heterocycles. The maximum absolute atomic E-state index is 13.4. The van der Waals surface area contributed by atoms with Crippen molar-refractivity contribution in [1.82, 2.24) is 25.6 Å². The molecule has 2 N–H and O–H groups in total. The van der Waals surface area contributed by atoms with Crippen LogP contribution in [0.25, 0.3) is 5.69 Å². The number of carbonyl (C=O) groups is 1. The molecule has 10 heteroatoms. The lowest BCUT2D eigenvalue weighted by Crippen LogP contribution is -2.33. The second-order valence-corrected chi connectivity index (χ2v) is 5.18. The summed E-state index contributed by atoms with van der Waals surface area (Å²) in [5.74, 6) is -1.58. The topological polar surface area (TPSA) is 71.8 Å². The van der Waals surface area contributed by atoms with Crippen LogP contribution in [0.15, 0.2) is 24.3 Å². The predicted octanol–water partition coefficient (Wildman–Crippen LogP) is 2.15. The summed E-state index contributed by atoms with van der Waals surface area (Å²) in [6.45, 7) is 3.28. The van der Waals surface area contributed by atoms with E-state index in [2.05, 4.69) is 20.9 Å². The van der Waals surface area contributed by atoms with Gasteiger partial charge in [0, 0.05) is 13.1 Å². The second kappa shape index (κ2) is 8.06. The van der Waals surface area contributed by atoms with Gasteiger partial charge in [0.15, 0.2) is 11.4 Å². The van der Waals surface area contributed by atoms with Crippen molar-refractivity contribution in [3.8, 4) is 5.69 Å². The van der Waals surface area contributed by atoms with Gasteiger partial charge in [0.25, 0.3) is 5.91 Å². The van der Waals surface area contributed by atoms with Crippen LogP contribution in [-0.2, 0) is 6.18 Å². The van der Waals surface area contributed by atoms with E-state index in [1.54, 1.807) is 0 Å². The van der Waals surface area contributed by atoms with E-state index in [1.807, 2.05) is 6.92 Å². The SMILES string of the molecule is CCCNCCNC(=O)c1nnn(-c2ccc(F)cc2)c1C(F)(F)F. The number of aromatic nitrogens is 3. The van der Waals surface area contributed by atoms with Gasteiger partial charge in [0.1, 0.15) is 5.82 Å². The third-order valence-corrected chi connectivity index (χ3v) is 3.24. The molecule has 0 aliphatic heterocycles. The lowest BCUT2D eigenvalue weighted by Gasteiger charge is -2.11. The summed E-state index contributed by atoms with van der Waals surface area (Å²) >= 11 is 0. The second-order valence-electron chi connectivity index (χ2n) is 5.18. The average Bonchev–Trinajstić information content (AvgIpc) is 3.00. The number of rotatable bonds is 7. The summed E-state index contributed by atoms with van der Waals surface area (Å²) in [6, 6.07) is 4.23. The van der Waals surface area contributed by atoms with E-state index < -0.39 is 29.3 Å². The fourth-order valence-corrected chi connectivity index (χ4v) is 2.10. The average molecular weight is 359 g/mol. The predicted molar refractivity (Wildman–Crippen MR) is 81.8 cm³/mol. The van der Waals surface area contributed by atoms with Crippen LogP contribution in [0.1, 0.15) is 29.5 Å². The van der Waals surface area contributed by atoms with Gasteiger partial charge in [-0.15, -0.1) is 5.10 Å². The van der Waals surface area contributed by atoms with Crippen LogP contribution >= 0.6 is 0 Å². The molecule has 136 valence electrons. The summed E-state index contributed by atoms with van der Waals surface area (Å²) in [5, 5.41) is 12.1. The lowest BCUT2D eigenvalue weighted by atomic mass is 10.2. The first-order valence-corrected chi connectivity index (χ1v) is 7.62. The first kappa shape index (κ1) is 18.8. The van der Waals surface area contributed by atoms with Gasteiger partial charge in [-0.05, 0) is 37.2 Å². The number of nitrogens with zero attached hydrogens (tertiary/aromatic N) is 3. The van der Waals surface area contributed by atoms with Gasteiger partial charge in [-0.2, -0.15) is 13.2 Å². The maximum Gasteiger partial charge on any atom is 0.435 e. The molecule has 0 fully saturated rings. The van der Waals surface area contributed by atoms with Crippen LogP contribution in [-0.4, -0.2) is 40.5 Å². The Morgan fingerprint density at radius 1 is 1.16 bits per heavy atom. The number of benzene rings is 1. The Morgan fingerprint density at radius 3 is 2.44 bits per heavy atom. The number of carbonyl (C=O) groups excluding carboxylic acids is 1. The summed E-state index contributed by atoms with van der Waals surface area (Å²) in [7, 11) is 0. The van der Waals surface area contributed by atoms with E-state index >= 15 is 0 Å². The van der Waals surface area contributed by atoms with Crippen molar-refractivity contribution in [3.63, 3.8) is 0 Å². The van der Waals surface area contributed by atoms with Crippen molar-refractivity contribution in [2.45, 2.75) is 19.5 Å². The largest absolute Gasteiger partial charge is 0.435 e. The van der Waals surface area contributed by atoms with E-state index in [0.717, 1.165) is 37.2 Å². The van der Waals surface area contributed by atoms with E-state index in [-0.39, 0.29) is 12.2 Å². The molecule has 0 saturated carbocycles. The Kier molecular flexibility index (Phi) is 6.07. The van der Waals surface area contributed by atoms with Crippen LogP contribution in [0, 0.1) is 5.82 Å². The molecule has 1 aromatic carbocycles. The molecule has 0 bridgehead atoms. The smallest absolute Gasteiger partial charge is 0.349 e. The Bertz CT molecular complexity index is 712. The molecular formula is C15H17F4N5O. The van der Waals surface area contributed by atoms with Gasteiger partial charge in [-0.25, -0.2) is 9.07 Å². The van der Waals surface area contributed by atoms with Gasteiger partial charge in [0.2, 0.25) is 0 Å². The van der Waals surface area contributed by atoms with Crippen molar-refractivity contribution in [3.05, 3.63) is 41.5 Å². The van der Waals surface area contributed by atoms with E-state index in [0.29, 0.717) is 11.2 Å². The van der Waals surface area contributed by atoms with Crippen LogP contribution in [0.3, 0.4) is 0 Å². The number of nitrogens with one attached hydrogen (secondary N) is 2. The molecule has 1 heterocycles. The van der Waals surface area contributed by atoms with Crippen LogP contribution in [0.4, 0.5) is 17.6 Å². The molecule has 0 aliphatic rings. The summed E-state index contributed by atoms with van der Waals surface area (Å²) in [4.78, 5) is 12.0. The van der Waals surface area contributed by atoms with E-state index in [9.17, 15) is 22.4 Å². The Morgan fingerprint density at radius 2 is 1.84 bits per heavy atom. The molecule has 1 amide bonds. The highest BCUT2D eigenvalue weighted by Crippen LogP contribution is 2.32. The minimum absolute atomic E-state index is 0.0510. The summed E-state index contributed by atoms with van der Waals surface area (Å²) < 4.78 is 53.6. The molecule has 1 aromatic heterocycles. The zero-order valence-electron chi connectivity index (χ0n) is 13.4. The molecule has 0 radical (unpaired) electrons. The Labute approximate surface area is 141 Å². The zero-order chi connectivity index (χ0) is 18.4. The highest BCUT2D eigenvalue weighted by atomic mass is 19.4. The number of alkyl halides is 3. The normalized spacial score (nSPS) is 11.6. The third kappa shape index (κ3) is 4.75. The summed E-state index contributed by atoms with van der Waals surface area (Å²) in [6.07, 6.45) is -3.96. The minimum atomic E-state index is -4.86. The van der Waals surface area contributed by atoms with E-state index in [1.165, 1.54) is 0 Å². The molecule has 25 heavy (non-hydrogen) atoms. The first-order chi connectivity index (χ1) is 11.8. The molecule has 0 aliphatic carbocycles. The van der Waals surface area contributed by atoms with Gasteiger partial charge < -0.3 is 10.6 Å². The molecule has 2 aromatic rings. The van der Waals surface area contributed by atoms with Gasteiger partial charge in [-0.3, -0.25) is 4.79 Å². The van der Waals surface area contributed by atoms with Crippen LogP contribution in [0.2, 0.25) is 0 Å². The summed E-state index contributed by atoms with van der Waals surface area (Å²) in [5.41, 5.74) is -2.18. The Hall–Kier alpha value is -2.49. The number of amides is 1. The fraction of sp³-hybridized carbons (Fsp3) is 0.400. The molecule has 2 rings (SSSR count). The number of hydrogen-bond donors (Lipinski definition) is 2. The van der Waals surface area contributed by atoms with Gasteiger partial charge >= 0.3 is 6.18 Å². The van der Waals surface area contributed by atoms with Gasteiger partial charge in [0.05, 0.1) is 5.69 Å². The van der Waals surface area contributed by atoms with Crippen molar-refractivity contribution in [1.29, 1.82) is 0 Å². The van der Waals surface area contributed by atoms with Crippen molar-refractivity contribution < 1.29 is 22.4 Å². The lowest BCUT2D eigenvalue weighted by molar-refractivity contribution is -0.143. The molecule has 0 atom stereocenters. The monoisotopic (exact) mass is 359 g/mol. The minimum Gasteiger partial charge on any atom is -0.349 e. The van der Waals surface area contributed by atoms with E-state index in [4.69, 9.17) is 0 Å². The highest BCUT2D eigenvalue weighted by Gasteiger charge is 2.41. The Balaban J connectivity index is 2.24. The zero-order valence-corrected chi connectivity index (χ0v) is 13.4. The number of hydrogen-bond acceptors (Lipinski definition) is 4. The molecule has 6 nitrogen and oxygen atoms in total. The van der Waals surface area contributed by atoms with Crippen LogP contribution in [0.5, 0.6) is 0 Å².